The van der Waals surface area contributed by atoms with Crippen LogP contribution in [0.1, 0.15) is 41.2 Å². The van der Waals surface area contributed by atoms with Crippen molar-refractivity contribution in [3.63, 3.8) is 0 Å². The van der Waals surface area contributed by atoms with Gasteiger partial charge in [-0.05, 0) is 18.8 Å². The Hall–Kier alpha value is -1.32. The standard InChI is InChI=1S/C9H12N2O2/c1-11-8(9(12)13)7(5-10-11)6-3-2-4-6/h5-6H,2-4H2,1H3,(H,12,13). The van der Waals surface area contributed by atoms with E-state index in [1.54, 1.807) is 13.2 Å². The van der Waals surface area contributed by atoms with Crippen molar-refractivity contribution in [2.45, 2.75) is 25.2 Å². The largest absolute Gasteiger partial charge is 0.477 e. The summed E-state index contributed by atoms with van der Waals surface area (Å²) in [6.45, 7) is 0. The van der Waals surface area contributed by atoms with Gasteiger partial charge in [-0.15, -0.1) is 0 Å². The lowest BCUT2D eigenvalue weighted by atomic mass is 9.80. The molecule has 1 aliphatic rings. The zero-order chi connectivity index (χ0) is 9.42. The average molecular weight is 180 g/mol. The van der Waals surface area contributed by atoms with Crippen molar-refractivity contribution in [3.8, 4) is 0 Å². The van der Waals surface area contributed by atoms with E-state index in [0.717, 1.165) is 18.4 Å². The minimum Gasteiger partial charge on any atom is -0.477 e. The fourth-order valence-electron chi connectivity index (χ4n) is 1.73. The highest BCUT2D eigenvalue weighted by atomic mass is 16.4. The van der Waals surface area contributed by atoms with Crippen LogP contribution < -0.4 is 0 Å². The summed E-state index contributed by atoms with van der Waals surface area (Å²) in [7, 11) is 1.67. The van der Waals surface area contributed by atoms with E-state index in [1.807, 2.05) is 0 Å². The smallest absolute Gasteiger partial charge is 0.354 e. The minimum absolute atomic E-state index is 0.352. The highest BCUT2D eigenvalue weighted by Crippen LogP contribution is 2.37. The summed E-state index contributed by atoms with van der Waals surface area (Å²) in [6, 6.07) is 0. The van der Waals surface area contributed by atoms with Crippen LogP contribution >= 0.6 is 0 Å². The monoisotopic (exact) mass is 180 g/mol. The minimum atomic E-state index is -0.873. The maximum atomic E-state index is 10.9. The van der Waals surface area contributed by atoms with Gasteiger partial charge in [-0.25, -0.2) is 4.79 Å². The SMILES string of the molecule is Cn1ncc(C2CCC2)c1C(=O)O. The van der Waals surface area contributed by atoms with Crippen molar-refractivity contribution in [1.29, 1.82) is 0 Å². The van der Waals surface area contributed by atoms with Gasteiger partial charge in [0.1, 0.15) is 5.69 Å². The molecule has 0 atom stereocenters. The van der Waals surface area contributed by atoms with Gasteiger partial charge in [-0.2, -0.15) is 5.10 Å². The Kier molecular flexibility index (Phi) is 1.83. The first-order valence-electron chi connectivity index (χ1n) is 4.45. The van der Waals surface area contributed by atoms with Crippen LogP contribution in [0, 0.1) is 0 Å². The van der Waals surface area contributed by atoms with Gasteiger partial charge in [0.15, 0.2) is 0 Å². The molecule has 0 amide bonds. The Morgan fingerprint density at radius 3 is 2.85 bits per heavy atom. The summed E-state index contributed by atoms with van der Waals surface area (Å²) in [4.78, 5) is 10.9. The second kappa shape index (κ2) is 2.87. The number of carboxylic acid groups (broad SMARTS) is 1. The molecule has 0 radical (unpaired) electrons. The van der Waals surface area contributed by atoms with Crippen molar-refractivity contribution in [1.82, 2.24) is 9.78 Å². The zero-order valence-electron chi connectivity index (χ0n) is 7.53. The van der Waals surface area contributed by atoms with E-state index in [0.29, 0.717) is 11.6 Å². The molecule has 1 aromatic heterocycles. The third kappa shape index (κ3) is 1.22. The molecule has 70 valence electrons. The maximum absolute atomic E-state index is 10.9. The number of aromatic carboxylic acids is 1. The summed E-state index contributed by atoms with van der Waals surface area (Å²) in [6.07, 6.45) is 5.10. The molecule has 0 bridgehead atoms. The van der Waals surface area contributed by atoms with Crippen molar-refractivity contribution < 1.29 is 9.90 Å². The topological polar surface area (TPSA) is 55.1 Å². The van der Waals surface area contributed by atoms with Crippen molar-refractivity contribution >= 4 is 5.97 Å². The maximum Gasteiger partial charge on any atom is 0.354 e. The zero-order valence-corrected chi connectivity index (χ0v) is 7.53. The summed E-state index contributed by atoms with van der Waals surface area (Å²) in [5, 5.41) is 12.9. The van der Waals surface area contributed by atoms with Gasteiger partial charge in [0.2, 0.25) is 0 Å². The molecule has 0 saturated heterocycles. The number of carboxylic acids is 1. The van der Waals surface area contributed by atoms with Crippen LogP contribution in [0.25, 0.3) is 0 Å². The van der Waals surface area contributed by atoms with E-state index >= 15 is 0 Å². The molecule has 1 heterocycles. The molecule has 1 aromatic rings. The molecular formula is C9H12N2O2. The lowest BCUT2D eigenvalue weighted by Gasteiger charge is -2.24. The lowest BCUT2D eigenvalue weighted by Crippen LogP contribution is -2.14. The molecule has 4 nitrogen and oxygen atoms in total. The van der Waals surface area contributed by atoms with E-state index < -0.39 is 5.97 Å². The molecule has 1 saturated carbocycles. The summed E-state index contributed by atoms with van der Waals surface area (Å²) in [5.41, 5.74) is 1.26. The molecule has 1 N–H and O–H groups in total. The fraction of sp³-hybridized carbons (Fsp3) is 0.556. The van der Waals surface area contributed by atoms with Crippen molar-refractivity contribution in [3.05, 3.63) is 17.5 Å². The van der Waals surface area contributed by atoms with E-state index in [1.165, 1.54) is 11.1 Å². The van der Waals surface area contributed by atoms with Crippen molar-refractivity contribution in [2.75, 3.05) is 0 Å². The van der Waals surface area contributed by atoms with Gasteiger partial charge in [0.05, 0.1) is 6.20 Å². The Morgan fingerprint density at radius 1 is 1.69 bits per heavy atom. The first kappa shape index (κ1) is 8.29. The number of aryl methyl sites for hydroxylation is 1. The molecule has 1 fully saturated rings. The van der Waals surface area contributed by atoms with Crippen LogP contribution in [0.15, 0.2) is 6.20 Å². The first-order chi connectivity index (χ1) is 6.20. The molecule has 1 aliphatic carbocycles. The van der Waals surface area contributed by atoms with Gasteiger partial charge in [0, 0.05) is 12.6 Å². The summed E-state index contributed by atoms with van der Waals surface area (Å²) >= 11 is 0. The number of hydrogen-bond acceptors (Lipinski definition) is 2. The van der Waals surface area contributed by atoms with E-state index in [4.69, 9.17) is 5.11 Å². The van der Waals surface area contributed by atoms with Gasteiger partial charge in [0.25, 0.3) is 0 Å². The molecule has 0 aromatic carbocycles. The second-order valence-electron chi connectivity index (χ2n) is 3.51. The van der Waals surface area contributed by atoms with Crippen LogP contribution in [0.4, 0.5) is 0 Å². The molecule has 0 spiro atoms. The second-order valence-corrected chi connectivity index (χ2v) is 3.51. The Labute approximate surface area is 76.2 Å². The number of carbonyl (C=O) groups is 1. The van der Waals surface area contributed by atoms with Gasteiger partial charge < -0.3 is 5.11 Å². The highest BCUT2D eigenvalue weighted by molar-refractivity contribution is 5.87. The molecule has 13 heavy (non-hydrogen) atoms. The normalized spacial score (nSPS) is 17.0. The van der Waals surface area contributed by atoms with Crippen LogP contribution in [0.2, 0.25) is 0 Å². The van der Waals surface area contributed by atoms with Crippen LogP contribution in [0.3, 0.4) is 0 Å². The summed E-state index contributed by atoms with van der Waals surface area (Å²) in [5.74, 6) is -0.443. The predicted octanol–water partition coefficient (Wildman–Crippen LogP) is 1.39. The van der Waals surface area contributed by atoms with Crippen LogP contribution in [-0.4, -0.2) is 20.9 Å². The molecular weight excluding hydrogens is 168 g/mol. The average Bonchev–Trinajstić information content (AvgIpc) is 2.28. The number of rotatable bonds is 2. The van der Waals surface area contributed by atoms with Crippen LogP contribution in [-0.2, 0) is 7.05 Å². The third-order valence-electron chi connectivity index (χ3n) is 2.71. The quantitative estimate of drug-likeness (QED) is 0.748. The van der Waals surface area contributed by atoms with E-state index in [2.05, 4.69) is 5.10 Å². The van der Waals surface area contributed by atoms with E-state index in [-0.39, 0.29) is 0 Å². The molecule has 0 aliphatic heterocycles. The fourth-order valence-corrected chi connectivity index (χ4v) is 1.73. The number of nitrogens with zero attached hydrogens (tertiary/aromatic N) is 2. The number of hydrogen-bond donors (Lipinski definition) is 1. The Bertz CT molecular complexity index is 339. The first-order valence-corrected chi connectivity index (χ1v) is 4.45. The summed E-state index contributed by atoms with van der Waals surface area (Å²) < 4.78 is 1.44. The Balaban J connectivity index is 2.38. The number of aromatic nitrogens is 2. The predicted molar refractivity (Wildman–Crippen MR) is 46.8 cm³/mol. The van der Waals surface area contributed by atoms with Crippen molar-refractivity contribution in [2.24, 2.45) is 7.05 Å². The molecule has 2 rings (SSSR count). The third-order valence-corrected chi connectivity index (χ3v) is 2.71. The van der Waals surface area contributed by atoms with Gasteiger partial charge >= 0.3 is 5.97 Å². The van der Waals surface area contributed by atoms with Gasteiger partial charge in [-0.1, -0.05) is 6.42 Å². The van der Waals surface area contributed by atoms with Gasteiger partial charge in [-0.3, -0.25) is 4.68 Å². The lowest BCUT2D eigenvalue weighted by molar-refractivity contribution is 0.0682. The highest BCUT2D eigenvalue weighted by Gasteiger charge is 2.27. The Morgan fingerprint density at radius 2 is 2.38 bits per heavy atom. The van der Waals surface area contributed by atoms with E-state index in [9.17, 15) is 4.79 Å². The molecule has 4 heteroatoms. The molecule has 0 unspecified atom stereocenters. The van der Waals surface area contributed by atoms with Crippen LogP contribution in [0.5, 0.6) is 0 Å².